The Bertz CT molecular complexity index is 877. The van der Waals surface area contributed by atoms with Crippen LogP contribution in [0.1, 0.15) is 55.5 Å². The highest BCUT2D eigenvalue weighted by Crippen LogP contribution is 2.39. The van der Waals surface area contributed by atoms with Gasteiger partial charge in [-0.15, -0.1) is 0 Å². The van der Waals surface area contributed by atoms with Crippen LogP contribution in [-0.4, -0.2) is 25.3 Å². The molecule has 0 spiro atoms. The number of carbonyl (C=O) groups excluding carboxylic acids is 1. The van der Waals surface area contributed by atoms with Gasteiger partial charge < -0.3 is 14.2 Å². The molecule has 2 aromatic rings. The average molecular weight is 383 g/mol. The minimum absolute atomic E-state index is 0.383. The van der Waals surface area contributed by atoms with E-state index in [0.717, 1.165) is 53.0 Å². The number of esters is 1. The fourth-order valence-electron chi connectivity index (χ4n) is 3.76. The molecule has 4 heteroatoms. The lowest BCUT2D eigenvalue weighted by atomic mass is 9.87. The van der Waals surface area contributed by atoms with Crippen LogP contribution in [0.15, 0.2) is 30.3 Å². The summed E-state index contributed by atoms with van der Waals surface area (Å²) in [5.41, 5.74) is 5.81. The molecule has 0 saturated heterocycles. The Morgan fingerprint density at radius 3 is 2.50 bits per heavy atom. The molecule has 0 fully saturated rings. The molecule has 150 valence electrons. The Morgan fingerprint density at radius 2 is 1.82 bits per heavy atom. The van der Waals surface area contributed by atoms with Crippen molar-refractivity contribution in [3.63, 3.8) is 0 Å². The van der Waals surface area contributed by atoms with Crippen molar-refractivity contribution in [2.75, 3.05) is 13.7 Å². The number of rotatable bonds is 4. The van der Waals surface area contributed by atoms with E-state index in [1.807, 2.05) is 39.8 Å². The van der Waals surface area contributed by atoms with Gasteiger partial charge in [0.1, 0.15) is 5.75 Å². The van der Waals surface area contributed by atoms with Crippen LogP contribution in [-0.2, 0) is 20.7 Å². The van der Waals surface area contributed by atoms with Crippen molar-refractivity contribution in [1.82, 2.24) is 0 Å². The van der Waals surface area contributed by atoms with Gasteiger partial charge in [0.2, 0.25) is 0 Å². The third kappa shape index (κ3) is 4.22. The zero-order chi connectivity index (χ0) is 20.5. The fourth-order valence-corrected chi connectivity index (χ4v) is 3.76. The standard InChI is InChI=1S/C24H30O4/c1-15-9-10-16(2)21(22(23(25)26-6)28-24(3,4)5)20(15)18-11-12-19-17(14-18)8-7-13-27-19/h9-12,14,22H,7-8,13H2,1-6H3. The molecule has 0 N–H and O–H groups in total. The number of hydrogen-bond acceptors (Lipinski definition) is 4. The van der Waals surface area contributed by atoms with Gasteiger partial charge in [-0.2, -0.15) is 0 Å². The van der Waals surface area contributed by atoms with E-state index in [1.54, 1.807) is 0 Å². The zero-order valence-corrected chi connectivity index (χ0v) is 17.7. The highest BCUT2D eigenvalue weighted by Gasteiger charge is 2.32. The van der Waals surface area contributed by atoms with Gasteiger partial charge in [0.15, 0.2) is 6.10 Å². The highest BCUT2D eigenvalue weighted by molar-refractivity contribution is 5.83. The summed E-state index contributed by atoms with van der Waals surface area (Å²) in [7, 11) is 1.41. The summed E-state index contributed by atoms with van der Waals surface area (Å²) in [6.07, 6.45) is 1.24. The summed E-state index contributed by atoms with van der Waals surface area (Å²) in [5, 5.41) is 0. The third-order valence-electron chi connectivity index (χ3n) is 5.02. The van der Waals surface area contributed by atoms with Gasteiger partial charge in [0, 0.05) is 5.56 Å². The van der Waals surface area contributed by atoms with E-state index in [9.17, 15) is 4.79 Å². The molecule has 1 heterocycles. The Morgan fingerprint density at radius 1 is 1.11 bits per heavy atom. The summed E-state index contributed by atoms with van der Waals surface area (Å²) in [6, 6.07) is 10.4. The number of aryl methyl sites for hydroxylation is 3. The van der Waals surface area contributed by atoms with Crippen LogP contribution in [0.25, 0.3) is 11.1 Å². The average Bonchev–Trinajstić information content (AvgIpc) is 2.66. The van der Waals surface area contributed by atoms with Crippen molar-refractivity contribution in [2.24, 2.45) is 0 Å². The van der Waals surface area contributed by atoms with Crippen molar-refractivity contribution in [3.05, 3.63) is 52.6 Å². The monoisotopic (exact) mass is 382 g/mol. The molecular formula is C24H30O4. The topological polar surface area (TPSA) is 44.8 Å². The third-order valence-corrected chi connectivity index (χ3v) is 5.02. The van der Waals surface area contributed by atoms with Gasteiger partial charge in [0.25, 0.3) is 0 Å². The molecule has 0 saturated carbocycles. The molecule has 2 aromatic carbocycles. The smallest absolute Gasteiger partial charge is 0.339 e. The minimum atomic E-state index is -0.785. The van der Waals surface area contributed by atoms with E-state index in [4.69, 9.17) is 14.2 Å². The first-order chi connectivity index (χ1) is 13.2. The highest BCUT2D eigenvalue weighted by atomic mass is 16.6. The van der Waals surface area contributed by atoms with E-state index >= 15 is 0 Å². The second-order valence-electron chi connectivity index (χ2n) is 8.40. The Kier molecular flexibility index (Phi) is 5.80. The predicted molar refractivity (Wildman–Crippen MR) is 111 cm³/mol. The predicted octanol–water partition coefficient (Wildman–Crippen LogP) is 5.32. The van der Waals surface area contributed by atoms with Crippen LogP contribution in [0.3, 0.4) is 0 Å². The van der Waals surface area contributed by atoms with Gasteiger partial charge in [-0.25, -0.2) is 4.79 Å². The molecule has 0 aromatic heterocycles. The normalized spacial score (nSPS) is 14.8. The second kappa shape index (κ2) is 7.96. The maximum Gasteiger partial charge on any atom is 0.339 e. The maximum absolute atomic E-state index is 12.7. The zero-order valence-electron chi connectivity index (χ0n) is 17.7. The minimum Gasteiger partial charge on any atom is -0.493 e. The largest absolute Gasteiger partial charge is 0.493 e. The van der Waals surface area contributed by atoms with Crippen molar-refractivity contribution >= 4 is 5.97 Å². The van der Waals surface area contributed by atoms with Crippen LogP contribution in [0.4, 0.5) is 0 Å². The first-order valence-corrected chi connectivity index (χ1v) is 9.83. The van der Waals surface area contributed by atoms with Gasteiger partial charge >= 0.3 is 5.97 Å². The molecule has 0 amide bonds. The van der Waals surface area contributed by atoms with Crippen LogP contribution in [0.2, 0.25) is 0 Å². The quantitative estimate of drug-likeness (QED) is 0.671. The number of methoxy groups -OCH3 is 1. The molecule has 0 bridgehead atoms. The van der Waals surface area contributed by atoms with Crippen molar-refractivity contribution in [2.45, 2.75) is 59.2 Å². The molecule has 0 aliphatic carbocycles. The van der Waals surface area contributed by atoms with Crippen molar-refractivity contribution < 1.29 is 19.0 Å². The van der Waals surface area contributed by atoms with Crippen molar-refractivity contribution in [1.29, 1.82) is 0 Å². The first-order valence-electron chi connectivity index (χ1n) is 9.83. The van der Waals surface area contributed by atoms with Crippen LogP contribution >= 0.6 is 0 Å². The van der Waals surface area contributed by atoms with E-state index in [1.165, 1.54) is 12.7 Å². The Hall–Kier alpha value is -2.33. The van der Waals surface area contributed by atoms with E-state index in [-0.39, 0.29) is 5.97 Å². The van der Waals surface area contributed by atoms with E-state index in [0.29, 0.717) is 0 Å². The van der Waals surface area contributed by atoms with Gasteiger partial charge in [-0.1, -0.05) is 18.2 Å². The van der Waals surface area contributed by atoms with Gasteiger partial charge in [0.05, 0.1) is 19.3 Å². The molecule has 3 rings (SSSR count). The lowest BCUT2D eigenvalue weighted by molar-refractivity contribution is -0.164. The maximum atomic E-state index is 12.7. The van der Waals surface area contributed by atoms with Gasteiger partial charge in [-0.05, 0) is 87.4 Å². The lowest BCUT2D eigenvalue weighted by Crippen LogP contribution is -2.29. The summed E-state index contributed by atoms with van der Waals surface area (Å²) in [5.74, 6) is 0.573. The molecule has 28 heavy (non-hydrogen) atoms. The van der Waals surface area contributed by atoms with E-state index < -0.39 is 11.7 Å². The summed E-state index contributed by atoms with van der Waals surface area (Å²) >= 11 is 0. The Balaban J connectivity index is 2.19. The summed E-state index contributed by atoms with van der Waals surface area (Å²) in [4.78, 5) is 12.7. The first kappa shape index (κ1) is 20.4. The molecule has 1 aliphatic heterocycles. The number of hydrogen-bond donors (Lipinski definition) is 0. The number of carbonyl (C=O) groups is 1. The summed E-state index contributed by atoms with van der Waals surface area (Å²) < 4.78 is 17.1. The number of ether oxygens (including phenoxy) is 3. The SMILES string of the molecule is COC(=O)C(OC(C)(C)C)c1c(C)ccc(C)c1-c1ccc2c(c1)CCCO2. The van der Waals surface area contributed by atoms with Crippen LogP contribution < -0.4 is 4.74 Å². The van der Waals surface area contributed by atoms with Crippen molar-refractivity contribution in [3.8, 4) is 16.9 Å². The molecule has 1 atom stereocenters. The van der Waals surface area contributed by atoms with Crippen LogP contribution in [0, 0.1) is 13.8 Å². The molecule has 4 nitrogen and oxygen atoms in total. The summed E-state index contributed by atoms with van der Waals surface area (Å²) in [6.45, 7) is 10.7. The number of benzene rings is 2. The van der Waals surface area contributed by atoms with E-state index in [2.05, 4.69) is 25.1 Å². The molecule has 0 radical (unpaired) electrons. The van der Waals surface area contributed by atoms with Crippen LogP contribution in [0.5, 0.6) is 5.75 Å². The lowest BCUT2D eigenvalue weighted by Gasteiger charge is -2.29. The molecule has 1 aliphatic rings. The number of fused-ring (bicyclic) bond motifs is 1. The molecule has 1 unspecified atom stereocenters. The second-order valence-corrected chi connectivity index (χ2v) is 8.40. The van der Waals surface area contributed by atoms with Gasteiger partial charge in [-0.3, -0.25) is 0 Å². The fraction of sp³-hybridized carbons (Fsp3) is 0.458. The Labute approximate surface area is 167 Å². The molecular weight excluding hydrogens is 352 g/mol.